The third-order valence-corrected chi connectivity index (χ3v) is 3.51. The molecule has 1 saturated heterocycles. The van der Waals surface area contributed by atoms with Crippen molar-refractivity contribution in [3.8, 4) is 0 Å². The Hall–Kier alpha value is -1.89. The van der Waals surface area contributed by atoms with Crippen LogP contribution in [0.3, 0.4) is 0 Å². The van der Waals surface area contributed by atoms with Crippen LogP contribution in [0.5, 0.6) is 0 Å². The van der Waals surface area contributed by atoms with Crippen LogP contribution in [0.15, 0.2) is 12.4 Å². The maximum absolute atomic E-state index is 11.9. The molecule has 1 aromatic rings. The van der Waals surface area contributed by atoms with Crippen molar-refractivity contribution in [3.63, 3.8) is 0 Å². The molecule has 1 atom stereocenters. The number of hydrogen-bond acceptors (Lipinski definition) is 4. The van der Waals surface area contributed by atoms with Crippen LogP contribution in [0.2, 0.25) is 0 Å². The molecule has 0 radical (unpaired) electrons. The molecule has 0 aromatic carbocycles. The molecule has 7 nitrogen and oxygen atoms in total. The third kappa shape index (κ3) is 4.56. The number of carbonyl (C=O) groups is 2. The number of aryl methyl sites for hydroxylation is 1. The third-order valence-electron chi connectivity index (χ3n) is 3.51. The molecule has 21 heavy (non-hydrogen) atoms. The SMILES string of the molecule is Cc1cnn(CCNC(=O)CN2CCCCC(O)C2=O)c1. The summed E-state index contributed by atoms with van der Waals surface area (Å²) in [6.07, 6.45) is 4.81. The number of rotatable bonds is 5. The van der Waals surface area contributed by atoms with Gasteiger partial charge in [-0.1, -0.05) is 0 Å². The molecule has 1 aromatic heterocycles. The first-order valence-electron chi connectivity index (χ1n) is 7.29. The highest BCUT2D eigenvalue weighted by Gasteiger charge is 2.26. The molecular weight excluding hydrogens is 272 g/mol. The van der Waals surface area contributed by atoms with Crippen LogP contribution in [0.1, 0.15) is 24.8 Å². The summed E-state index contributed by atoms with van der Waals surface area (Å²) in [6, 6.07) is 0. The second-order valence-corrected chi connectivity index (χ2v) is 5.40. The molecule has 1 aliphatic rings. The summed E-state index contributed by atoms with van der Waals surface area (Å²) in [5.74, 6) is -0.549. The van der Waals surface area contributed by atoms with E-state index in [0.29, 0.717) is 26.1 Å². The number of amides is 2. The van der Waals surface area contributed by atoms with Gasteiger partial charge < -0.3 is 15.3 Å². The molecule has 0 spiro atoms. The standard InChI is InChI=1S/C14H22N4O3/c1-11-8-16-18(9-11)7-5-15-13(20)10-17-6-3-2-4-12(19)14(17)21/h8-9,12,19H,2-7,10H2,1H3,(H,15,20). The second kappa shape index (κ2) is 7.21. The van der Waals surface area contributed by atoms with Gasteiger partial charge in [0, 0.05) is 19.3 Å². The lowest BCUT2D eigenvalue weighted by Crippen LogP contribution is -2.44. The van der Waals surface area contributed by atoms with E-state index in [2.05, 4.69) is 10.4 Å². The molecule has 0 saturated carbocycles. The van der Waals surface area contributed by atoms with Crippen LogP contribution in [-0.4, -0.2) is 57.3 Å². The smallest absolute Gasteiger partial charge is 0.251 e. The molecule has 1 unspecified atom stereocenters. The van der Waals surface area contributed by atoms with Crippen LogP contribution in [-0.2, 0) is 16.1 Å². The van der Waals surface area contributed by atoms with Crippen molar-refractivity contribution < 1.29 is 14.7 Å². The molecule has 116 valence electrons. The van der Waals surface area contributed by atoms with Crippen molar-refractivity contribution in [2.75, 3.05) is 19.6 Å². The van der Waals surface area contributed by atoms with Gasteiger partial charge in [0.15, 0.2) is 0 Å². The van der Waals surface area contributed by atoms with Gasteiger partial charge in [-0.25, -0.2) is 0 Å². The number of likely N-dealkylation sites (tertiary alicyclic amines) is 1. The normalized spacial score (nSPS) is 19.4. The van der Waals surface area contributed by atoms with E-state index in [1.54, 1.807) is 10.9 Å². The van der Waals surface area contributed by atoms with E-state index in [0.717, 1.165) is 18.4 Å². The van der Waals surface area contributed by atoms with Crippen LogP contribution < -0.4 is 5.32 Å². The van der Waals surface area contributed by atoms with E-state index in [4.69, 9.17) is 0 Å². The maximum atomic E-state index is 11.9. The molecule has 0 aliphatic carbocycles. The molecule has 7 heteroatoms. The summed E-state index contributed by atoms with van der Waals surface area (Å²) in [6.45, 7) is 3.55. The van der Waals surface area contributed by atoms with Gasteiger partial charge in [-0.2, -0.15) is 5.10 Å². The topological polar surface area (TPSA) is 87.5 Å². The molecule has 0 bridgehead atoms. The Balaban J connectivity index is 1.74. The number of aliphatic hydroxyl groups excluding tert-OH is 1. The predicted octanol–water partition coefficient (Wildman–Crippen LogP) is -0.319. The Morgan fingerprint density at radius 1 is 1.52 bits per heavy atom. The lowest BCUT2D eigenvalue weighted by atomic mass is 10.2. The largest absolute Gasteiger partial charge is 0.383 e. The van der Waals surface area contributed by atoms with Crippen LogP contribution >= 0.6 is 0 Å². The van der Waals surface area contributed by atoms with E-state index in [9.17, 15) is 14.7 Å². The number of hydrogen-bond donors (Lipinski definition) is 2. The Morgan fingerprint density at radius 3 is 3.05 bits per heavy atom. The summed E-state index contributed by atoms with van der Waals surface area (Å²) in [7, 11) is 0. The van der Waals surface area contributed by atoms with Gasteiger partial charge in [-0.05, 0) is 31.7 Å². The average molecular weight is 294 g/mol. The number of aromatic nitrogens is 2. The fraction of sp³-hybridized carbons (Fsp3) is 0.643. The minimum atomic E-state index is -0.965. The van der Waals surface area contributed by atoms with Gasteiger partial charge in [0.2, 0.25) is 5.91 Å². The van der Waals surface area contributed by atoms with Gasteiger partial charge in [0.05, 0.1) is 19.3 Å². The molecule has 2 heterocycles. The zero-order valence-corrected chi connectivity index (χ0v) is 12.3. The van der Waals surface area contributed by atoms with Gasteiger partial charge in [0.25, 0.3) is 5.91 Å². The maximum Gasteiger partial charge on any atom is 0.251 e. The van der Waals surface area contributed by atoms with E-state index < -0.39 is 6.10 Å². The number of nitrogens with zero attached hydrogens (tertiary/aromatic N) is 3. The summed E-state index contributed by atoms with van der Waals surface area (Å²) >= 11 is 0. The monoisotopic (exact) mass is 294 g/mol. The molecule has 1 fully saturated rings. The Bertz CT molecular complexity index is 500. The number of aliphatic hydroxyl groups is 1. The van der Waals surface area contributed by atoms with E-state index >= 15 is 0 Å². The van der Waals surface area contributed by atoms with E-state index in [-0.39, 0.29) is 18.4 Å². The molecule has 2 amide bonds. The van der Waals surface area contributed by atoms with Gasteiger partial charge in [-0.3, -0.25) is 14.3 Å². The zero-order valence-electron chi connectivity index (χ0n) is 12.3. The van der Waals surface area contributed by atoms with Crippen molar-refractivity contribution in [3.05, 3.63) is 18.0 Å². The molecular formula is C14H22N4O3. The minimum Gasteiger partial charge on any atom is -0.383 e. The van der Waals surface area contributed by atoms with Crippen molar-refractivity contribution >= 4 is 11.8 Å². The fourth-order valence-electron chi connectivity index (χ4n) is 2.37. The van der Waals surface area contributed by atoms with Crippen molar-refractivity contribution in [2.24, 2.45) is 0 Å². The molecule has 2 rings (SSSR count). The predicted molar refractivity (Wildman–Crippen MR) is 76.4 cm³/mol. The Morgan fingerprint density at radius 2 is 2.33 bits per heavy atom. The highest BCUT2D eigenvalue weighted by atomic mass is 16.3. The molecule has 2 N–H and O–H groups in total. The minimum absolute atomic E-state index is 0.00796. The zero-order chi connectivity index (χ0) is 15.2. The first kappa shape index (κ1) is 15.5. The van der Waals surface area contributed by atoms with Gasteiger partial charge >= 0.3 is 0 Å². The summed E-state index contributed by atoms with van der Waals surface area (Å²) in [5.41, 5.74) is 1.07. The Labute approximate surface area is 123 Å². The second-order valence-electron chi connectivity index (χ2n) is 5.40. The summed E-state index contributed by atoms with van der Waals surface area (Å²) in [4.78, 5) is 25.2. The highest BCUT2D eigenvalue weighted by Crippen LogP contribution is 2.11. The van der Waals surface area contributed by atoms with Crippen molar-refractivity contribution in [2.45, 2.75) is 38.8 Å². The van der Waals surface area contributed by atoms with Crippen molar-refractivity contribution in [1.82, 2.24) is 20.0 Å². The van der Waals surface area contributed by atoms with E-state index in [1.807, 2.05) is 13.1 Å². The molecule has 1 aliphatic heterocycles. The van der Waals surface area contributed by atoms with Crippen molar-refractivity contribution in [1.29, 1.82) is 0 Å². The highest BCUT2D eigenvalue weighted by molar-refractivity contribution is 5.87. The first-order valence-corrected chi connectivity index (χ1v) is 7.29. The first-order chi connectivity index (χ1) is 10.1. The van der Waals surface area contributed by atoms with Crippen LogP contribution in [0, 0.1) is 6.92 Å². The quantitative estimate of drug-likeness (QED) is 0.779. The van der Waals surface area contributed by atoms with Crippen LogP contribution in [0.4, 0.5) is 0 Å². The lowest BCUT2D eigenvalue weighted by Gasteiger charge is -2.21. The van der Waals surface area contributed by atoms with Gasteiger partial charge in [0.1, 0.15) is 6.10 Å². The summed E-state index contributed by atoms with van der Waals surface area (Å²) in [5, 5.41) is 16.5. The Kier molecular flexibility index (Phi) is 5.32. The van der Waals surface area contributed by atoms with Crippen LogP contribution in [0.25, 0.3) is 0 Å². The lowest BCUT2D eigenvalue weighted by molar-refractivity contribution is -0.142. The van der Waals surface area contributed by atoms with E-state index in [1.165, 1.54) is 4.90 Å². The number of nitrogens with one attached hydrogen (secondary N) is 1. The summed E-state index contributed by atoms with van der Waals surface area (Å²) < 4.78 is 1.76. The number of carbonyl (C=O) groups excluding carboxylic acids is 2. The average Bonchev–Trinajstić information content (AvgIpc) is 2.79. The van der Waals surface area contributed by atoms with Gasteiger partial charge in [-0.15, -0.1) is 0 Å². The fourth-order valence-corrected chi connectivity index (χ4v) is 2.37.